The lowest BCUT2D eigenvalue weighted by Gasteiger charge is -2.39. The topological polar surface area (TPSA) is 39.1 Å². The molecule has 0 spiro atoms. The summed E-state index contributed by atoms with van der Waals surface area (Å²) in [7, 11) is 3.82. The van der Waals surface area contributed by atoms with E-state index in [0.29, 0.717) is 0 Å². The number of nitrogens with one attached hydrogen (secondary N) is 1. The van der Waals surface area contributed by atoms with Gasteiger partial charge in [-0.15, -0.1) is 0 Å². The number of hydrogen-bond acceptors (Lipinski definition) is 3. The van der Waals surface area contributed by atoms with E-state index in [1.54, 1.807) is 6.20 Å². The summed E-state index contributed by atoms with van der Waals surface area (Å²) >= 11 is 6.46. The predicted octanol–water partition coefficient (Wildman–Crippen LogP) is 4.12. The Bertz CT molecular complexity index is 450. The molecule has 1 atom stereocenters. The number of ether oxygens (including phenoxy) is 1. The van der Waals surface area contributed by atoms with Crippen molar-refractivity contribution < 1.29 is 4.74 Å². The molecule has 1 heterocycles. The number of nitrogens with zero attached hydrogens (tertiary/aromatic N) is 2. The summed E-state index contributed by atoms with van der Waals surface area (Å²) in [5.74, 6) is 0. The Morgan fingerprint density at radius 3 is 2.38 bits per heavy atom. The lowest BCUT2D eigenvalue weighted by molar-refractivity contribution is -0.0544. The number of halogens is 1. The van der Waals surface area contributed by atoms with Gasteiger partial charge < -0.3 is 10.1 Å². The quantitative estimate of drug-likeness (QED) is 0.831. The van der Waals surface area contributed by atoms with Crippen molar-refractivity contribution in [1.82, 2.24) is 15.1 Å². The van der Waals surface area contributed by atoms with Crippen LogP contribution in [-0.4, -0.2) is 29.5 Å². The Labute approximate surface area is 133 Å². The van der Waals surface area contributed by atoms with Crippen molar-refractivity contribution in [3.05, 3.63) is 16.9 Å². The molecule has 21 heavy (non-hydrogen) atoms. The third-order valence-corrected chi connectivity index (χ3v) is 5.01. The molecule has 0 saturated heterocycles. The summed E-state index contributed by atoms with van der Waals surface area (Å²) in [5.41, 5.74) is 0.861. The fraction of sp³-hybridized carbons (Fsp3) is 0.812. The largest absolute Gasteiger partial charge is 0.376 e. The Hall–Kier alpha value is -0.580. The first-order valence-electron chi connectivity index (χ1n) is 8.01. The van der Waals surface area contributed by atoms with Gasteiger partial charge in [0.1, 0.15) is 0 Å². The van der Waals surface area contributed by atoms with Crippen LogP contribution < -0.4 is 5.32 Å². The van der Waals surface area contributed by atoms with Crippen LogP contribution in [0.1, 0.15) is 70.2 Å². The van der Waals surface area contributed by atoms with Crippen LogP contribution in [0, 0.1) is 0 Å². The van der Waals surface area contributed by atoms with Gasteiger partial charge in [-0.05, 0) is 33.7 Å². The van der Waals surface area contributed by atoms with Gasteiger partial charge in [0.25, 0.3) is 0 Å². The van der Waals surface area contributed by atoms with Gasteiger partial charge in [0.15, 0.2) is 0 Å². The lowest BCUT2D eigenvalue weighted by atomic mass is 9.84. The van der Waals surface area contributed by atoms with E-state index in [1.165, 1.54) is 25.7 Å². The third-order valence-electron chi connectivity index (χ3n) is 4.72. The predicted molar refractivity (Wildman–Crippen MR) is 86.9 cm³/mol. The zero-order valence-electron chi connectivity index (χ0n) is 13.7. The normalized spacial score (nSPS) is 20.5. The average molecular weight is 314 g/mol. The molecule has 0 aromatic carbocycles. The second-order valence-electron chi connectivity index (χ2n) is 6.32. The van der Waals surface area contributed by atoms with E-state index in [0.717, 1.165) is 23.6 Å². The molecule has 2 rings (SSSR count). The fourth-order valence-electron chi connectivity index (χ4n) is 3.62. The van der Waals surface area contributed by atoms with Gasteiger partial charge in [-0.2, -0.15) is 5.10 Å². The second kappa shape index (κ2) is 7.12. The molecule has 1 aliphatic carbocycles. The molecule has 1 N–H and O–H groups in total. The highest BCUT2D eigenvalue weighted by Gasteiger charge is 2.42. The van der Waals surface area contributed by atoms with E-state index < -0.39 is 0 Å². The minimum absolute atomic E-state index is 0.0676. The van der Waals surface area contributed by atoms with Gasteiger partial charge in [-0.25, -0.2) is 0 Å². The average Bonchev–Trinajstić information content (AvgIpc) is 2.71. The van der Waals surface area contributed by atoms with Crippen molar-refractivity contribution in [2.45, 2.75) is 70.1 Å². The van der Waals surface area contributed by atoms with Crippen LogP contribution >= 0.6 is 11.6 Å². The molecule has 0 bridgehead atoms. The SMILES string of the molecule is CNC(c1c(Cl)cnn1C(C)C)C1(OC)CCCCCC1. The molecule has 1 aromatic rings. The smallest absolute Gasteiger partial charge is 0.0888 e. The van der Waals surface area contributed by atoms with Crippen LogP contribution in [0.4, 0.5) is 0 Å². The fourth-order valence-corrected chi connectivity index (χ4v) is 3.86. The number of likely N-dealkylation sites (N-methyl/N-ethyl adjacent to an activating group) is 1. The number of hydrogen-bond donors (Lipinski definition) is 1. The zero-order valence-corrected chi connectivity index (χ0v) is 14.4. The molecule has 0 amide bonds. The lowest BCUT2D eigenvalue weighted by Crippen LogP contribution is -2.45. The molecule has 0 radical (unpaired) electrons. The number of methoxy groups -OCH3 is 1. The first-order valence-corrected chi connectivity index (χ1v) is 8.39. The first-order chi connectivity index (χ1) is 10.1. The van der Waals surface area contributed by atoms with Crippen LogP contribution in [-0.2, 0) is 4.74 Å². The van der Waals surface area contributed by atoms with E-state index in [1.807, 2.05) is 18.8 Å². The summed E-state index contributed by atoms with van der Waals surface area (Å²) in [6, 6.07) is 0.348. The van der Waals surface area contributed by atoms with E-state index in [4.69, 9.17) is 16.3 Å². The minimum Gasteiger partial charge on any atom is -0.376 e. The first kappa shape index (κ1) is 16.8. The second-order valence-corrected chi connectivity index (χ2v) is 6.73. The molecule has 4 nitrogen and oxygen atoms in total. The summed E-state index contributed by atoms with van der Waals surface area (Å²) in [5, 5.41) is 8.64. The van der Waals surface area contributed by atoms with Gasteiger partial charge in [0.05, 0.1) is 28.6 Å². The standard InChI is InChI=1S/C16H28ClN3O/c1-12(2)20-14(13(17)11-19-20)15(18-3)16(21-4)9-7-5-6-8-10-16/h11-12,15,18H,5-10H2,1-4H3. The van der Waals surface area contributed by atoms with Gasteiger partial charge >= 0.3 is 0 Å². The Kier molecular flexibility index (Phi) is 5.69. The highest BCUT2D eigenvalue weighted by Crippen LogP contribution is 2.42. The van der Waals surface area contributed by atoms with Crippen LogP contribution in [0.5, 0.6) is 0 Å². The zero-order chi connectivity index (χ0) is 15.5. The Morgan fingerprint density at radius 2 is 1.90 bits per heavy atom. The van der Waals surface area contributed by atoms with E-state index in [9.17, 15) is 0 Å². The van der Waals surface area contributed by atoms with E-state index in [2.05, 4.69) is 24.3 Å². The molecule has 1 unspecified atom stereocenters. The maximum Gasteiger partial charge on any atom is 0.0888 e. The molecule has 1 aliphatic rings. The number of rotatable bonds is 5. The van der Waals surface area contributed by atoms with Crippen LogP contribution in [0.15, 0.2) is 6.20 Å². The van der Waals surface area contributed by atoms with Gasteiger partial charge in [0.2, 0.25) is 0 Å². The van der Waals surface area contributed by atoms with Crippen molar-refractivity contribution in [3.63, 3.8) is 0 Å². The maximum absolute atomic E-state index is 6.46. The third kappa shape index (κ3) is 3.27. The van der Waals surface area contributed by atoms with E-state index in [-0.39, 0.29) is 17.7 Å². The maximum atomic E-state index is 6.46. The Morgan fingerprint density at radius 1 is 1.29 bits per heavy atom. The van der Waals surface area contributed by atoms with Crippen LogP contribution in [0.2, 0.25) is 5.02 Å². The summed E-state index contributed by atoms with van der Waals surface area (Å²) in [6.07, 6.45) is 8.88. The molecule has 1 fully saturated rings. The summed E-state index contributed by atoms with van der Waals surface area (Å²) < 4.78 is 8.09. The van der Waals surface area contributed by atoms with Crippen LogP contribution in [0.3, 0.4) is 0 Å². The van der Waals surface area contributed by atoms with Crippen molar-refractivity contribution in [2.75, 3.05) is 14.2 Å². The van der Waals surface area contributed by atoms with Crippen molar-refractivity contribution in [2.24, 2.45) is 0 Å². The van der Waals surface area contributed by atoms with Gasteiger partial charge in [-0.3, -0.25) is 4.68 Å². The van der Waals surface area contributed by atoms with Gasteiger partial charge in [-0.1, -0.05) is 37.3 Å². The summed E-state index contributed by atoms with van der Waals surface area (Å²) in [4.78, 5) is 0. The molecular formula is C16H28ClN3O. The van der Waals surface area contributed by atoms with Gasteiger partial charge in [0, 0.05) is 13.2 Å². The highest BCUT2D eigenvalue weighted by atomic mass is 35.5. The summed E-state index contributed by atoms with van der Waals surface area (Å²) in [6.45, 7) is 4.26. The Balaban J connectivity index is 2.44. The van der Waals surface area contributed by atoms with Crippen molar-refractivity contribution in [3.8, 4) is 0 Å². The molecule has 1 aromatic heterocycles. The number of aromatic nitrogens is 2. The van der Waals surface area contributed by atoms with Crippen LogP contribution in [0.25, 0.3) is 0 Å². The highest BCUT2D eigenvalue weighted by molar-refractivity contribution is 6.31. The molecule has 1 saturated carbocycles. The molecule has 120 valence electrons. The molecule has 5 heteroatoms. The van der Waals surface area contributed by atoms with Crippen molar-refractivity contribution in [1.29, 1.82) is 0 Å². The van der Waals surface area contributed by atoms with Crippen molar-refractivity contribution >= 4 is 11.6 Å². The monoisotopic (exact) mass is 313 g/mol. The molecule has 0 aliphatic heterocycles. The molecular weight excluding hydrogens is 286 g/mol. The minimum atomic E-state index is -0.193. The van der Waals surface area contributed by atoms with E-state index >= 15 is 0 Å².